The minimum atomic E-state index is -0.152. The van der Waals surface area contributed by atoms with E-state index in [1.165, 1.54) is 4.70 Å². The number of carbonyl (C=O) groups is 2. The summed E-state index contributed by atoms with van der Waals surface area (Å²) in [4.78, 5) is 29.8. The minimum Gasteiger partial charge on any atom is -0.352 e. The van der Waals surface area contributed by atoms with E-state index in [0.29, 0.717) is 23.2 Å². The lowest BCUT2D eigenvalue weighted by atomic mass is 10.0. The molecule has 0 saturated carbocycles. The van der Waals surface area contributed by atoms with Crippen LogP contribution in [0.3, 0.4) is 0 Å². The molecule has 1 heterocycles. The van der Waals surface area contributed by atoms with Gasteiger partial charge < -0.3 is 5.32 Å². The van der Waals surface area contributed by atoms with E-state index in [-0.39, 0.29) is 11.7 Å². The van der Waals surface area contributed by atoms with E-state index >= 15 is 0 Å². The molecule has 0 atom stereocenters. The summed E-state index contributed by atoms with van der Waals surface area (Å²) in [6.45, 7) is 0.569. The van der Waals surface area contributed by atoms with Gasteiger partial charge in [-0.3, -0.25) is 9.59 Å². The molecule has 0 bridgehead atoms. The van der Waals surface area contributed by atoms with Crippen molar-refractivity contribution in [1.29, 1.82) is 0 Å². The Morgan fingerprint density at radius 3 is 2.52 bits per heavy atom. The highest BCUT2D eigenvalue weighted by atomic mass is 32.1. The van der Waals surface area contributed by atoms with E-state index in [1.807, 2.05) is 48.5 Å². The number of benzene rings is 3. The predicted molar refractivity (Wildman–Crippen MR) is 116 cm³/mol. The summed E-state index contributed by atoms with van der Waals surface area (Å²) in [5.74, 6) is -0.165. The molecule has 142 valence electrons. The predicted octanol–water partition coefficient (Wildman–Crippen LogP) is 4.87. The van der Waals surface area contributed by atoms with Crippen molar-refractivity contribution in [2.45, 2.75) is 12.8 Å². The number of hydrogen-bond donors (Lipinski definition) is 1. The number of thiazole rings is 1. The molecule has 1 N–H and O–H groups in total. The maximum Gasteiger partial charge on any atom is 0.251 e. The first-order valence-electron chi connectivity index (χ1n) is 9.61. The van der Waals surface area contributed by atoms with Crippen LogP contribution in [0.25, 0.3) is 21.3 Å². The summed E-state index contributed by atoms with van der Waals surface area (Å²) >= 11 is 1.70. The molecule has 0 unspecified atom stereocenters. The van der Waals surface area contributed by atoms with Gasteiger partial charge in [0.25, 0.3) is 5.91 Å². The fourth-order valence-electron chi connectivity index (χ4n) is 3.74. The fraction of sp³-hybridized carbons (Fsp3) is 0.125. The summed E-state index contributed by atoms with van der Waals surface area (Å²) < 4.78 is 1.19. The van der Waals surface area contributed by atoms with Crippen LogP contribution in [0.4, 0.5) is 0 Å². The Morgan fingerprint density at radius 1 is 0.897 bits per heavy atom. The van der Waals surface area contributed by atoms with Gasteiger partial charge in [-0.05, 0) is 41.8 Å². The second-order valence-corrected chi connectivity index (χ2v) is 8.19. The average Bonchev–Trinajstić information content (AvgIpc) is 3.30. The molecule has 29 heavy (non-hydrogen) atoms. The third-order valence-corrected chi connectivity index (χ3v) is 6.28. The Kier molecular flexibility index (Phi) is 4.45. The number of fused-ring (bicyclic) bond motifs is 4. The van der Waals surface area contributed by atoms with Crippen LogP contribution in [0.5, 0.6) is 0 Å². The molecule has 0 radical (unpaired) electrons. The molecule has 5 heteroatoms. The highest BCUT2D eigenvalue weighted by molar-refractivity contribution is 7.18. The Morgan fingerprint density at radius 2 is 1.66 bits per heavy atom. The summed E-state index contributed by atoms with van der Waals surface area (Å²) in [6.07, 6.45) is 1.65. The van der Waals surface area contributed by atoms with Gasteiger partial charge in [0.05, 0.1) is 15.2 Å². The molecule has 4 aromatic rings. The molecule has 0 aliphatic heterocycles. The zero-order chi connectivity index (χ0) is 19.8. The van der Waals surface area contributed by atoms with Gasteiger partial charge >= 0.3 is 0 Å². The van der Waals surface area contributed by atoms with Crippen molar-refractivity contribution in [3.05, 3.63) is 88.4 Å². The van der Waals surface area contributed by atoms with Crippen LogP contribution in [0.1, 0.15) is 37.7 Å². The first-order valence-corrected chi connectivity index (χ1v) is 10.4. The molecule has 5 rings (SSSR count). The number of amides is 1. The molecule has 0 fully saturated rings. The summed E-state index contributed by atoms with van der Waals surface area (Å²) in [7, 11) is 0. The molecule has 0 spiro atoms. The number of carbonyl (C=O) groups excluding carboxylic acids is 2. The van der Waals surface area contributed by atoms with Gasteiger partial charge in [0, 0.05) is 29.7 Å². The minimum absolute atomic E-state index is 0.0129. The van der Waals surface area contributed by atoms with Crippen LogP contribution in [-0.2, 0) is 6.42 Å². The van der Waals surface area contributed by atoms with Crippen molar-refractivity contribution >= 4 is 33.2 Å². The highest BCUT2D eigenvalue weighted by Gasteiger charge is 2.26. The number of nitrogens with zero attached hydrogens (tertiary/aromatic N) is 1. The standard InChI is InChI=1S/C24H18N2O2S/c27-23-18-7-2-1-6-16(18)17-12-11-15(14-19(17)23)24(28)25-13-5-10-22-26-20-8-3-4-9-21(20)29-22/h1-4,6-9,11-12,14H,5,10,13H2,(H,25,28). The van der Waals surface area contributed by atoms with Gasteiger partial charge in [0.1, 0.15) is 0 Å². The quantitative estimate of drug-likeness (QED) is 0.430. The van der Waals surface area contributed by atoms with Crippen molar-refractivity contribution in [1.82, 2.24) is 10.3 Å². The number of aromatic nitrogens is 1. The van der Waals surface area contributed by atoms with Crippen LogP contribution in [0, 0.1) is 0 Å². The molecular formula is C24H18N2O2S. The maximum absolute atomic E-state index is 12.6. The Balaban J connectivity index is 1.22. The van der Waals surface area contributed by atoms with E-state index in [0.717, 1.165) is 34.5 Å². The van der Waals surface area contributed by atoms with E-state index in [9.17, 15) is 9.59 Å². The van der Waals surface area contributed by atoms with Gasteiger partial charge in [-0.1, -0.05) is 42.5 Å². The van der Waals surface area contributed by atoms with E-state index in [2.05, 4.69) is 16.4 Å². The zero-order valence-corrected chi connectivity index (χ0v) is 16.5. The van der Waals surface area contributed by atoms with Crippen LogP contribution in [-0.4, -0.2) is 23.2 Å². The summed E-state index contributed by atoms with van der Waals surface area (Å²) in [5.41, 5.74) is 4.70. The van der Waals surface area contributed by atoms with Crippen LogP contribution in [0.2, 0.25) is 0 Å². The third kappa shape index (κ3) is 3.23. The van der Waals surface area contributed by atoms with Crippen molar-refractivity contribution in [3.8, 4) is 11.1 Å². The van der Waals surface area contributed by atoms with Gasteiger partial charge in [-0.25, -0.2) is 4.98 Å². The van der Waals surface area contributed by atoms with E-state index < -0.39 is 0 Å². The van der Waals surface area contributed by atoms with Crippen molar-refractivity contribution in [2.24, 2.45) is 0 Å². The van der Waals surface area contributed by atoms with Crippen molar-refractivity contribution in [2.75, 3.05) is 6.54 Å². The number of hydrogen-bond acceptors (Lipinski definition) is 4. The second-order valence-electron chi connectivity index (χ2n) is 7.07. The van der Waals surface area contributed by atoms with Gasteiger partial charge in [0.15, 0.2) is 5.78 Å². The monoisotopic (exact) mass is 398 g/mol. The topological polar surface area (TPSA) is 59.1 Å². The van der Waals surface area contributed by atoms with Crippen LogP contribution >= 0.6 is 11.3 Å². The number of aryl methyl sites for hydroxylation is 1. The van der Waals surface area contributed by atoms with E-state index in [4.69, 9.17) is 0 Å². The highest BCUT2D eigenvalue weighted by Crippen LogP contribution is 2.36. The van der Waals surface area contributed by atoms with Crippen molar-refractivity contribution in [3.63, 3.8) is 0 Å². The summed E-state index contributed by atoms with van der Waals surface area (Å²) in [5, 5.41) is 4.04. The molecule has 1 aromatic heterocycles. The smallest absolute Gasteiger partial charge is 0.251 e. The SMILES string of the molecule is O=C(NCCCc1nc2ccccc2s1)c1ccc2c(c1)C(=O)c1ccccc1-2. The maximum atomic E-state index is 12.6. The molecule has 0 saturated heterocycles. The number of rotatable bonds is 5. The Labute approximate surface area is 172 Å². The van der Waals surface area contributed by atoms with Gasteiger partial charge in [-0.2, -0.15) is 0 Å². The molecule has 4 nitrogen and oxygen atoms in total. The Bertz CT molecular complexity index is 1230. The lowest BCUT2D eigenvalue weighted by Gasteiger charge is -2.06. The molecule has 3 aromatic carbocycles. The normalized spacial score (nSPS) is 12.1. The molecule has 1 amide bonds. The third-order valence-electron chi connectivity index (χ3n) is 5.18. The van der Waals surface area contributed by atoms with E-state index in [1.54, 1.807) is 23.5 Å². The number of para-hydroxylation sites is 1. The average molecular weight is 398 g/mol. The molecular weight excluding hydrogens is 380 g/mol. The molecule has 1 aliphatic carbocycles. The second kappa shape index (κ2) is 7.26. The van der Waals surface area contributed by atoms with Gasteiger partial charge in [-0.15, -0.1) is 11.3 Å². The van der Waals surface area contributed by atoms with Crippen molar-refractivity contribution < 1.29 is 9.59 Å². The largest absolute Gasteiger partial charge is 0.352 e. The lowest BCUT2D eigenvalue weighted by Crippen LogP contribution is -2.25. The first kappa shape index (κ1) is 17.8. The number of nitrogens with one attached hydrogen (secondary N) is 1. The molecule has 1 aliphatic rings. The lowest BCUT2D eigenvalue weighted by molar-refractivity contribution is 0.0953. The zero-order valence-electron chi connectivity index (χ0n) is 15.6. The first-order chi connectivity index (χ1) is 14.2. The van der Waals surface area contributed by atoms with Gasteiger partial charge in [0.2, 0.25) is 0 Å². The van der Waals surface area contributed by atoms with Crippen LogP contribution in [0.15, 0.2) is 66.7 Å². The van der Waals surface area contributed by atoms with Crippen LogP contribution < -0.4 is 5.32 Å². The number of ketones is 1. The fourth-order valence-corrected chi connectivity index (χ4v) is 4.75. The summed E-state index contributed by atoms with van der Waals surface area (Å²) in [6, 6.07) is 21.0. The Hall–Kier alpha value is -3.31.